The standard InChI is InChI=1S/C22H26BFN2O2S/c1-21(2)12-23(13-22(21,3)4)14-6-9-18-19(10-14)26-20(25-18)16-8-7-15(11-17(16)24)29(5,27)28/h6-11H,12-13H2,1-5H3,(H,25,26). The summed E-state index contributed by atoms with van der Waals surface area (Å²) >= 11 is 0. The third-order valence-electron chi connectivity index (χ3n) is 6.95. The van der Waals surface area contributed by atoms with Crippen LogP contribution in [-0.4, -0.2) is 31.4 Å². The number of halogens is 1. The molecule has 0 bridgehead atoms. The Bertz CT molecular complexity index is 1200. The number of rotatable bonds is 3. The molecule has 0 amide bonds. The van der Waals surface area contributed by atoms with Crippen molar-refractivity contribution in [2.24, 2.45) is 10.8 Å². The van der Waals surface area contributed by atoms with Gasteiger partial charge in [0.25, 0.3) is 0 Å². The second kappa shape index (κ2) is 6.43. The Morgan fingerprint density at radius 3 is 2.28 bits per heavy atom. The molecule has 152 valence electrons. The zero-order valence-corrected chi connectivity index (χ0v) is 18.3. The van der Waals surface area contributed by atoms with E-state index in [-0.39, 0.29) is 21.3 Å². The van der Waals surface area contributed by atoms with Crippen LogP contribution < -0.4 is 5.46 Å². The largest absolute Gasteiger partial charge is 0.338 e. The van der Waals surface area contributed by atoms with Crippen molar-refractivity contribution >= 4 is 33.0 Å². The predicted molar refractivity (Wildman–Crippen MR) is 117 cm³/mol. The van der Waals surface area contributed by atoms with E-state index in [2.05, 4.69) is 49.8 Å². The van der Waals surface area contributed by atoms with Gasteiger partial charge in [-0.3, -0.25) is 0 Å². The number of imidazole rings is 1. The lowest BCUT2D eigenvalue weighted by Gasteiger charge is -2.35. The van der Waals surface area contributed by atoms with Gasteiger partial charge in [0.1, 0.15) is 11.6 Å². The SMILES string of the molecule is CC1(C)CB(c2ccc3nc(-c4ccc(S(C)(=O)=O)cc4F)[nH]c3c2)CC1(C)C. The van der Waals surface area contributed by atoms with Crippen LogP contribution in [-0.2, 0) is 9.84 Å². The molecule has 1 aliphatic heterocycles. The Morgan fingerprint density at radius 1 is 1.03 bits per heavy atom. The molecule has 7 heteroatoms. The summed E-state index contributed by atoms with van der Waals surface area (Å²) in [6.07, 6.45) is 3.33. The molecule has 2 aromatic carbocycles. The van der Waals surface area contributed by atoms with Gasteiger partial charge in [-0.2, -0.15) is 0 Å². The van der Waals surface area contributed by atoms with Gasteiger partial charge in [-0.1, -0.05) is 51.9 Å². The van der Waals surface area contributed by atoms with Crippen LogP contribution in [0, 0.1) is 16.6 Å². The molecular formula is C22H26BFN2O2S. The van der Waals surface area contributed by atoms with Crippen molar-refractivity contribution in [3.05, 3.63) is 42.2 Å². The Morgan fingerprint density at radius 2 is 1.69 bits per heavy atom. The molecule has 1 saturated heterocycles. The number of nitrogens with one attached hydrogen (secondary N) is 1. The fourth-order valence-electron chi connectivity index (χ4n) is 4.42. The zero-order chi connectivity index (χ0) is 21.2. The van der Waals surface area contributed by atoms with Gasteiger partial charge in [-0.05, 0) is 41.2 Å². The van der Waals surface area contributed by atoms with Gasteiger partial charge >= 0.3 is 0 Å². The third kappa shape index (κ3) is 3.50. The Hall–Kier alpha value is -2.15. The normalized spacial score (nSPS) is 18.5. The Labute approximate surface area is 171 Å². The predicted octanol–water partition coefficient (Wildman–Crippen LogP) is 4.54. The van der Waals surface area contributed by atoms with E-state index in [4.69, 9.17) is 0 Å². The first-order valence-corrected chi connectivity index (χ1v) is 11.8. The molecule has 1 aliphatic rings. The third-order valence-corrected chi connectivity index (χ3v) is 8.06. The molecule has 4 nitrogen and oxygen atoms in total. The summed E-state index contributed by atoms with van der Waals surface area (Å²) in [6, 6.07) is 10.1. The van der Waals surface area contributed by atoms with Gasteiger partial charge in [-0.15, -0.1) is 0 Å². The number of aromatic nitrogens is 2. The molecular weight excluding hydrogens is 386 g/mol. The topological polar surface area (TPSA) is 62.8 Å². The summed E-state index contributed by atoms with van der Waals surface area (Å²) in [6.45, 7) is 9.83. The minimum atomic E-state index is -3.45. The van der Waals surface area contributed by atoms with Crippen LogP contribution in [0.1, 0.15) is 27.7 Å². The lowest BCUT2D eigenvalue weighted by molar-refractivity contribution is 0.177. The Balaban J connectivity index is 1.70. The highest BCUT2D eigenvalue weighted by atomic mass is 32.2. The van der Waals surface area contributed by atoms with Gasteiger partial charge in [0.05, 0.1) is 21.5 Å². The van der Waals surface area contributed by atoms with Crippen LogP contribution in [0.5, 0.6) is 0 Å². The molecule has 29 heavy (non-hydrogen) atoms. The van der Waals surface area contributed by atoms with Crippen molar-refractivity contribution in [3.63, 3.8) is 0 Å². The fraction of sp³-hybridized carbons (Fsp3) is 0.409. The number of hydrogen-bond acceptors (Lipinski definition) is 3. The lowest BCUT2D eigenvalue weighted by atomic mass is 9.42. The van der Waals surface area contributed by atoms with Crippen LogP contribution >= 0.6 is 0 Å². The second-order valence-electron chi connectivity index (χ2n) is 9.65. The van der Waals surface area contributed by atoms with Crippen LogP contribution in [0.15, 0.2) is 41.3 Å². The lowest BCUT2D eigenvalue weighted by Crippen LogP contribution is -2.27. The van der Waals surface area contributed by atoms with E-state index in [1.165, 1.54) is 17.6 Å². The molecule has 1 aromatic heterocycles. The van der Waals surface area contributed by atoms with Gasteiger partial charge < -0.3 is 4.98 Å². The number of benzene rings is 2. The van der Waals surface area contributed by atoms with Crippen molar-refractivity contribution in [1.82, 2.24) is 9.97 Å². The van der Waals surface area contributed by atoms with Gasteiger partial charge in [0.2, 0.25) is 0 Å². The summed E-state index contributed by atoms with van der Waals surface area (Å²) in [5, 5.41) is 0. The van der Waals surface area contributed by atoms with Crippen molar-refractivity contribution in [3.8, 4) is 11.4 Å². The highest BCUT2D eigenvalue weighted by Gasteiger charge is 2.48. The molecule has 0 spiro atoms. The molecule has 2 heterocycles. The average Bonchev–Trinajstić information content (AvgIpc) is 3.11. The maximum Gasteiger partial charge on any atom is 0.177 e. The van der Waals surface area contributed by atoms with E-state index in [0.717, 1.165) is 36.0 Å². The van der Waals surface area contributed by atoms with Crippen molar-refractivity contribution in [2.45, 2.75) is 45.2 Å². The van der Waals surface area contributed by atoms with Crippen molar-refractivity contribution < 1.29 is 12.8 Å². The zero-order valence-electron chi connectivity index (χ0n) is 17.5. The quantitative estimate of drug-likeness (QED) is 0.643. The Kier molecular flexibility index (Phi) is 4.46. The van der Waals surface area contributed by atoms with Gasteiger partial charge in [0, 0.05) is 6.26 Å². The minimum Gasteiger partial charge on any atom is -0.338 e. The number of sulfone groups is 1. The molecule has 1 N–H and O–H groups in total. The van der Waals surface area contributed by atoms with E-state index in [0.29, 0.717) is 12.5 Å². The highest BCUT2D eigenvalue weighted by Crippen LogP contribution is 2.52. The van der Waals surface area contributed by atoms with Crippen LogP contribution in [0.3, 0.4) is 0 Å². The van der Waals surface area contributed by atoms with Gasteiger partial charge in [0.15, 0.2) is 16.6 Å². The molecule has 0 atom stereocenters. The monoisotopic (exact) mass is 412 g/mol. The first-order valence-electron chi connectivity index (χ1n) is 9.87. The van der Waals surface area contributed by atoms with Crippen molar-refractivity contribution in [2.75, 3.05) is 6.26 Å². The average molecular weight is 412 g/mol. The number of fused-ring (bicyclic) bond motifs is 1. The molecule has 0 saturated carbocycles. The summed E-state index contributed by atoms with van der Waals surface area (Å²) in [4.78, 5) is 7.69. The van der Waals surface area contributed by atoms with E-state index in [1.54, 1.807) is 0 Å². The summed E-state index contributed by atoms with van der Waals surface area (Å²) in [7, 11) is -3.45. The summed E-state index contributed by atoms with van der Waals surface area (Å²) in [5.74, 6) is -0.201. The van der Waals surface area contributed by atoms with Crippen LogP contribution in [0.4, 0.5) is 4.39 Å². The first kappa shape index (κ1) is 20.1. The van der Waals surface area contributed by atoms with Crippen LogP contribution in [0.2, 0.25) is 12.6 Å². The second-order valence-corrected chi connectivity index (χ2v) is 11.7. The highest BCUT2D eigenvalue weighted by molar-refractivity contribution is 7.90. The molecule has 3 aromatic rings. The van der Waals surface area contributed by atoms with E-state index in [1.807, 2.05) is 6.07 Å². The van der Waals surface area contributed by atoms with E-state index >= 15 is 0 Å². The van der Waals surface area contributed by atoms with Crippen LogP contribution in [0.25, 0.3) is 22.4 Å². The first-order chi connectivity index (χ1) is 13.4. The maximum absolute atomic E-state index is 14.6. The van der Waals surface area contributed by atoms with E-state index < -0.39 is 15.7 Å². The number of nitrogens with zero attached hydrogens (tertiary/aromatic N) is 1. The van der Waals surface area contributed by atoms with E-state index in [9.17, 15) is 12.8 Å². The molecule has 0 radical (unpaired) electrons. The smallest absolute Gasteiger partial charge is 0.177 e. The molecule has 0 aliphatic carbocycles. The number of aromatic amines is 1. The maximum atomic E-state index is 14.6. The summed E-state index contributed by atoms with van der Waals surface area (Å²) in [5.41, 5.74) is 3.72. The van der Waals surface area contributed by atoms with Gasteiger partial charge in [-0.25, -0.2) is 17.8 Å². The molecule has 1 fully saturated rings. The number of hydrogen-bond donors (Lipinski definition) is 1. The number of H-pyrrole nitrogens is 1. The molecule has 0 unspecified atom stereocenters. The molecule has 4 rings (SSSR count). The van der Waals surface area contributed by atoms with Crippen molar-refractivity contribution in [1.29, 1.82) is 0 Å². The fourth-order valence-corrected chi connectivity index (χ4v) is 5.05. The minimum absolute atomic E-state index is 0.0383. The summed E-state index contributed by atoms with van der Waals surface area (Å²) < 4.78 is 37.8.